The molecule has 0 fully saturated rings. The van der Waals surface area contributed by atoms with E-state index in [1.165, 1.54) is 0 Å². The Balaban J connectivity index is -0.00000000500. The first kappa shape index (κ1) is 91.2. The van der Waals surface area contributed by atoms with Crippen LogP contribution in [0.15, 0.2) is 0 Å². The summed E-state index contributed by atoms with van der Waals surface area (Å²) in [6.45, 7) is 28.5. The Morgan fingerprint density at radius 1 is 0.286 bits per heavy atom. The standard InChI is InChI=1S/6CN.2Fe/c6*1-2;;/q6*-1;2*+3. The zero-order valence-corrected chi connectivity index (χ0v) is 8.60. The van der Waals surface area contributed by atoms with Crippen LogP contribution >= 0.6 is 0 Å². The molecule has 0 amide bonds. The quantitative estimate of drug-likeness (QED) is 0.464. The smallest absolute Gasteiger partial charge is 0.512 e. The van der Waals surface area contributed by atoms with Crippen LogP contribution in [0.2, 0.25) is 0 Å². The van der Waals surface area contributed by atoms with Crippen molar-refractivity contribution in [1.82, 2.24) is 0 Å². The molecule has 0 saturated heterocycles. The van der Waals surface area contributed by atoms with Crippen LogP contribution in [0.25, 0.3) is 0 Å². The summed E-state index contributed by atoms with van der Waals surface area (Å²) in [5.74, 6) is 0. The summed E-state index contributed by atoms with van der Waals surface area (Å²) in [5.41, 5.74) is 0. The summed E-state index contributed by atoms with van der Waals surface area (Å²) in [6.07, 6.45) is 0. The van der Waals surface area contributed by atoms with Crippen LogP contribution in [0.1, 0.15) is 0 Å². The summed E-state index contributed by atoms with van der Waals surface area (Å²) in [5, 5.41) is 37.5. The average Bonchev–Trinajstić information content (AvgIpc) is 2.33. The summed E-state index contributed by atoms with van der Waals surface area (Å²) in [7, 11) is 0. The molecule has 0 aromatic heterocycles. The second-order valence-electron chi connectivity index (χ2n) is 0. The summed E-state index contributed by atoms with van der Waals surface area (Å²) in [6, 6.07) is 0. The Hall–Kier alpha value is -2.02. The van der Waals surface area contributed by atoms with Crippen LogP contribution in [0, 0.1) is 71.0 Å². The molecule has 2 radical (unpaired) electrons. The van der Waals surface area contributed by atoms with Crippen molar-refractivity contribution in [3.63, 3.8) is 0 Å². The van der Waals surface area contributed by atoms with Gasteiger partial charge in [0.1, 0.15) is 0 Å². The van der Waals surface area contributed by atoms with Gasteiger partial charge in [-0.05, 0) is 0 Å². The molecule has 70 valence electrons. The second-order valence-corrected chi connectivity index (χ2v) is 0. The Labute approximate surface area is 105 Å². The van der Waals surface area contributed by atoms with Gasteiger partial charge < -0.3 is 71.0 Å². The molecular formula is C6Fe2N6. The predicted octanol–water partition coefficient (Wildman–Crippen LogP) is 0.573. The molecule has 0 heterocycles. The zero-order chi connectivity index (χ0) is 12.0. The SMILES string of the molecule is [C-]#N.[C-]#N.[C-]#N.[C-]#N.[C-]#N.[C-]#N.[Fe+3].[Fe+3]. The monoisotopic (exact) mass is 268 g/mol. The molecule has 0 aliphatic rings. The Morgan fingerprint density at radius 3 is 0.286 bits per heavy atom. The minimum absolute atomic E-state index is 0. The fourth-order valence-corrected chi connectivity index (χ4v) is 0. The molecule has 0 bridgehead atoms. The van der Waals surface area contributed by atoms with E-state index in [-0.39, 0.29) is 34.1 Å². The topological polar surface area (TPSA) is 143 Å². The maximum absolute atomic E-state index is 6.25. The van der Waals surface area contributed by atoms with Crippen LogP contribution < -0.4 is 0 Å². The maximum Gasteiger partial charge on any atom is 3.00 e. The predicted molar refractivity (Wildman–Crippen MR) is 29.8 cm³/mol. The van der Waals surface area contributed by atoms with Crippen molar-refractivity contribution in [3.8, 4) is 0 Å². The molecule has 0 aromatic carbocycles. The third-order valence-corrected chi connectivity index (χ3v) is 0. The van der Waals surface area contributed by atoms with Gasteiger partial charge in [0, 0.05) is 0 Å². The molecule has 0 aliphatic heterocycles. The number of hydrogen-bond donors (Lipinski definition) is 0. The van der Waals surface area contributed by atoms with Crippen LogP contribution in [0.5, 0.6) is 0 Å². The minimum Gasteiger partial charge on any atom is -0.512 e. The van der Waals surface area contributed by atoms with Gasteiger partial charge in [-0.3, -0.25) is 0 Å². The van der Waals surface area contributed by atoms with Crippen molar-refractivity contribution in [2.24, 2.45) is 0 Å². The first-order chi connectivity index (χ1) is 6.00. The van der Waals surface area contributed by atoms with Gasteiger partial charge >= 0.3 is 34.1 Å². The number of hydrogen-bond acceptors (Lipinski definition) is 6. The van der Waals surface area contributed by atoms with Crippen LogP contribution in [0.4, 0.5) is 0 Å². The molecule has 0 atom stereocenters. The van der Waals surface area contributed by atoms with Gasteiger partial charge in [0.15, 0.2) is 0 Å². The zero-order valence-electron chi connectivity index (χ0n) is 6.39. The van der Waals surface area contributed by atoms with Gasteiger partial charge in [0.05, 0.1) is 0 Å². The van der Waals surface area contributed by atoms with Crippen LogP contribution in [0.3, 0.4) is 0 Å². The van der Waals surface area contributed by atoms with Gasteiger partial charge in [0.2, 0.25) is 0 Å². The normalized spacial score (nSPS) is 0.857. The molecule has 0 N–H and O–H groups in total. The summed E-state index contributed by atoms with van der Waals surface area (Å²) < 4.78 is 0. The van der Waals surface area contributed by atoms with Crippen molar-refractivity contribution in [2.75, 3.05) is 0 Å². The second kappa shape index (κ2) is 268. The van der Waals surface area contributed by atoms with E-state index in [4.69, 9.17) is 71.0 Å². The minimum atomic E-state index is 0. The van der Waals surface area contributed by atoms with Crippen LogP contribution in [-0.2, 0) is 34.1 Å². The molecule has 0 spiro atoms. The molecule has 0 unspecified atom stereocenters. The van der Waals surface area contributed by atoms with Crippen molar-refractivity contribution in [1.29, 1.82) is 31.6 Å². The average molecular weight is 268 g/mol. The van der Waals surface area contributed by atoms with E-state index in [9.17, 15) is 0 Å². The van der Waals surface area contributed by atoms with E-state index in [0.717, 1.165) is 0 Å². The molecule has 14 heavy (non-hydrogen) atoms. The van der Waals surface area contributed by atoms with Crippen molar-refractivity contribution < 1.29 is 34.1 Å². The first-order valence-corrected chi connectivity index (χ1v) is 1.34. The third kappa shape index (κ3) is 197. The third-order valence-electron chi connectivity index (χ3n) is 0. The number of rotatable bonds is 0. The summed E-state index contributed by atoms with van der Waals surface area (Å²) in [4.78, 5) is 0. The molecule has 0 aromatic rings. The molecule has 8 heteroatoms. The van der Waals surface area contributed by atoms with E-state index < -0.39 is 0 Å². The fraction of sp³-hybridized carbons (Fsp3) is 0. The van der Waals surface area contributed by atoms with Gasteiger partial charge in [0.25, 0.3) is 0 Å². The van der Waals surface area contributed by atoms with Crippen molar-refractivity contribution in [3.05, 3.63) is 39.4 Å². The van der Waals surface area contributed by atoms with E-state index in [1.807, 2.05) is 0 Å². The van der Waals surface area contributed by atoms with Gasteiger partial charge in [-0.15, -0.1) is 0 Å². The molecule has 6 nitrogen and oxygen atoms in total. The van der Waals surface area contributed by atoms with Gasteiger partial charge in [-0.2, -0.15) is 0 Å². The van der Waals surface area contributed by atoms with E-state index >= 15 is 0 Å². The Bertz CT molecular complexity index is 95.3. The van der Waals surface area contributed by atoms with E-state index in [0.29, 0.717) is 0 Å². The molecular weight excluding hydrogens is 268 g/mol. The fourth-order valence-electron chi connectivity index (χ4n) is 0. The Morgan fingerprint density at radius 2 is 0.286 bits per heavy atom. The maximum atomic E-state index is 6.25. The molecule has 0 saturated carbocycles. The van der Waals surface area contributed by atoms with E-state index in [2.05, 4.69) is 0 Å². The molecule has 0 rings (SSSR count). The summed E-state index contributed by atoms with van der Waals surface area (Å²) >= 11 is 0. The van der Waals surface area contributed by atoms with E-state index in [1.54, 1.807) is 0 Å². The Kier molecular flexibility index (Phi) is 1740. The number of nitrogens with zero attached hydrogens (tertiary/aromatic N) is 6. The van der Waals surface area contributed by atoms with Crippen molar-refractivity contribution in [2.45, 2.75) is 0 Å². The molecule has 0 aliphatic carbocycles. The largest absolute Gasteiger partial charge is 3.00 e. The van der Waals surface area contributed by atoms with Gasteiger partial charge in [-0.25, -0.2) is 0 Å². The first-order valence-electron chi connectivity index (χ1n) is 1.34. The van der Waals surface area contributed by atoms with Crippen molar-refractivity contribution >= 4 is 0 Å². The van der Waals surface area contributed by atoms with Crippen LogP contribution in [-0.4, -0.2) is 0 Å². The van der Waals surface area contributed by atoms with Gasteiger partial charge in [-0.1, -0.05) is 0 Å².